The first-order chi connectivity index (χ1) is 10.6. The highest BCUT2D eigenvalue weighted by Crippen LogP contribution is 2.19. The van der Waals surface area contributed by atoms with E-state index < -0.39 is 5.54 Å². The topological polar surface area (TPSA) is 77.1 Å². The number of fused-ring (bicyclic) bond motifs is 1. The highest BCUT2D eigenvalue weighted by atomic mass is 16.2. The van der Waals surface area contributed by atoms with E-state index in [0.29, 0.717) is 23.5 Å². The van der Waals surface area contributed by atoms with Crippen LogP contribution in [0.1, 0.15) is 45.0 Å². The van der Waals surface area contributed by atoms with Crippen LogP contribution in [0.25, 0.3) is 10.9 Å². The second-order valence-corrected chi connectivity index (χ2v) is 7.36. The minimum Gasteiger partial charge on any atom is -0.398 e. The summed E-state index contributed by atoms with van der Waals surface area (Å²) in [4.78, 5) is 25.3. The summed E-state index contributed by atoms with van der Waals surface area (Å²) in [6, 6.07) is 5.37. The maximum Gasteiger partial charge on any atom is 0.257 e. The molecule has 1 aromatic carbocycles. The van der Waals surface area contributed by atoms with E-state index in [1.54, 1.807) is 12.3 Å². The van der Waals surface area contributed by atoms with Gasteiger partial charge in [0.05, 0.1) is 10.9 Å². The zero-order chi connectivity index (χ0) is 17.4. The van der Waals surface area contributed by atoms with Crippen LogP contribution < -0.4 is 16.5 Å². The number of anilines is 1. The van der Waals surface area contributed by atoms with Crippen LogP contribution in [0.4, 0.5) is 5.69 Å². The smallest absolute Gasteiger partial charge is 0.257 e. The van der Waals surface area contributed by atoms with Gasteiger partial charge in [0.25, 0.3) is 5.91 Å². The van der Waals surface area contributed by atoms with E-state index in [2.05, 4.69) is 19.2 Å². The van der Waals surface area contributed by atoms with Crippen molar-refractivity contribution in [2.24, 2.45) is 5.92 Å². The summed E-state index contributed by atoms with van der Waals surface area (Å²) in [5, 5.41) is 3.26. The fourth-order valence-corrected chi connectivity index (χ4v) is 2.58. The number of nitrogen functional groups attached to an aromatic ring is 1. The van der Waals surface area contributed by atoms with Gasteiger partial charge in [-0.3, -0.25) is 9.59 Å². The number of carbonyl (C=O) groups is 1. The minimum atomic E-state index is -0.413. The molecule has 124 valence electrons. The Morgan fingerprint density at radius 1 is 1.30 bits per heavy atom. The number of hydrogen-bond acceptors (Lipinski definition) is 3. The van der Waals surface area contributed by atoms with Crippen molar-refractivity contribution >= 4 is 22.5 Å². The number of aromatic nitrogens is 1. The van der Waals surface area contributed by atoms with Crippen LogP contribution in [-0.4, -0.2) is 16.0 Å². The van der Waals surface area contributed by atoms with Gasteiger partial charge in [-0.2, -0.15) is 0 Å². The third kappa shape index (κ3) is 3.73. The van der Waals surface area contributed by atoms with Crippen molar-refractivity contribution in [2.75, 3.05) is 5.73 Å². The van der Waals surface area contributed by atoms with Gasteiger partial charge in [-0.15, -0.1) is 0 Å². The molecule has 1 aromatic heterocycles. The third-order valence-electron chi connectivity index (χ3n) is 3.44. The van der Waals surface area contributed by atoms with E-state index in [1.165, 1.54) is 0 Å². The van der Waals surface area contributed by atoms with E-state index in [9.17, 15) is 9.59 Å². The Hall–Kier alpha value is -2.30. The summed E-state index contributed by atoms with van der Waals surface area (Å²) < 4.78 is 1.94. The van der Waals surface area contributed by atoms with Crippen LogP contribution in [0.3, 0.4) is 0 Å². The van der Waals surface area contributed by atoms with Crippen molar-refractivity contribution in [3.05, 3.63) is 40.2 Å². The predicted molar refractivity (Wildman–Crippen MR) is 94.7 cm³/mol. The Morgan fingerprint density at radius 2 is 1.96 bits per heavy atom. The predicted octanol–water partition coefficient (Wildman–Crippen LogP) is 2.77. The summed E-state index contributed by atoms with van der Waals surface area (Å²) in [5.41, 5.74) is 6.56. The van der Waals surface area contributed by atoms with Gasteiger partial charge in [0, 0.05) is 24.0 Å². The van der Waals surface area contributed by atoms with E-state index in [-0.39, 0.29) is 16.9 Å². The Kier molecular flexibility index (Phi) is 4.50. The van der Waals surface area contributed by atoms with Gasteiger partial charge in [0.2, 0.25) is 5.43 Å². The Bertz CT molecular complexity index is 798. The number of nitrogens with one attached hydrogen (secondary N) is 1. The number of nitrogens with two attached hydrogens (primary N) is 1. The van der Waals surface area contributed by atoms with Gasteiger partial charge < -0.3 is 15.6 Å². The molecular weight excluding hydrogens is 290 g/mol. The molecule has 1 heterocycles. The lowest BCUT2D eigenvalue weighted by atomic mass is 10.1. The normalized spacial score (nSPS) is 11.9. The van der Waals surface area contributed by atoms with Crippen molar-refractivity contribution in [3.63, 3.8) is 0 Å². The Balaban J connectivity index is 2.71. The molecule has 2 rings (SSSR count). The lowest BCUT2D eigenvalue weighted by molar-refractivity contribution is 0.0918. The first-order valence-electron chi connectivity index (χ1n) is 7.84. The van der Waals surface area contributed by atoms with Crippen molar-refractivity contribution in [2.45, 2.75) is 46.7 Å². The average Bonchev–Trinajstić information content (AvgIpc) is 2.39. The highest BCUT2D eigenvalue weighted by molar-refractivity contribution is 6.00. The zero-order valence-electron chi connectivity index (χ0n) is 14.4. The van der Waals surface area contributed by atoms with Crippen molar-refractivity contribution in [3.8, 4) is 0 Å². The first kappa shape index (κ1) is 17.1. The monoisotopic (exact) mass is 315 g/mol. The number of amides is 1. The van der Waals surface area contributed by atoms with Crippen molar-refractivity contribution < 1.29 is 4.79 Å². The van der Waals surface area contributed by atoms with Crippen LogP contribution in [0.2, 0.25) is 0 Å². The molecule has 3 N–H and O–H groups in total. The number of hydrogen-bond donors (Lipinski definition) is 2. The summed E-state index contributed by atoms with van der Waals surface area (Å²) in [6.07, 6.45) is 1.64. The summed E-state index contributed by atoms with van der Waals surface area (Å²) >= 11 is 0. The number of rotatable bonds is 3. The van der Waals surface area contributed by atoms with Gasteiger partial charge in [-0.05, 0) is 38.8 Å². The number of pyridine rings is 1. The lowest BCUT2D eigenvalue weighted by Crippen LogP contribution is -2.42. The van der Waals surface area contributed by atoms with Crippen LogP contribution in [-0.2, 0) is 6.54 Å². The molecule has 0 aliphatic rings. The molecule has 0 fully saturated rings. The maximum atomic E-state index is 12.8. The van der Waals surface area contributed by atoms with Crippen molar-refractivity contribution in [1.82, 2.24) is 9.88 Å². The summed E-state index contributed by atoms with van der Waals surface area (Å²) in [6.45, 7) is 10.5. The van der Waals surface area contributed by atoms with E-state index in [0.717, 1.165) is 5.52 Å². The molecule has 0 spiro atoms. The molecule has 0 bridgehead atoms. The molecule has 0 aliphatic heterocycles. The highest BCUT2D eigenvalue weighted by Gasteiger charge is 2.21. The van der Waals surface area contributed by atoms with Gasteiger partial charge in [0.15, 0.2) is 0 Å². The quantitative estimate of drug-likeness (QED) is 0.855. The van der Waals surface area contributed by atoms with Crippen LogP contribution in [0, 0.1) is 5.92 Å². The SMILES string of the molecule is CC(C)Cn1cc(C(=O)NC(C)(C)C)c(=O)c2c(N)cccc21. The average molecular weight is 315 g/mol. The molecular formula is C18H25N3O2. The fraction of sp³-hybridized carbons (Fsp3) is 0.444. The molecule has 1 amide bonds. The minimum absolute atomic E-state index is 0.131. The molecule has 0 saturated heterocycles. The second kappa shape index (κ2) is 6.07. The summed E-state index contributed by atoms with van der Waals surface area (Å²) in [7, 11) is 0. The zero-order valence-corrected chi connectivity index (χ0v) is 14.4. The Morgan fingerprint density at radius 3 is 2.52 bits per heavy atom. The van der Waals surface area contributed by atoms with Crippen molar-refractivity contribution in [1.29, 1.82) is 0 Å². The molecule has 23 heavy (non-hydrogen) atoms. The lowest BCUT2D eigenvalue weighted by Gasteiger charge is -2.21. The second-order valence-electron chi connectivity index (χ2n) is 7.36. The molecule has 2 aromatic rings. The third-order valence-corrected chi connectivity index (χ3v) is 3.44. The molecule has 5 nitrogen and oxygen atoms in total. The summed E-state index contributed by atoms with van der Waals surface area (Å²) in [5.74, 6) is 0.00539. The van der Waals surface area contributed by atoms with Gasteiger partial charge in [-0.1, -0.05) is 19.9 Å². The fourth-order valence-electron chi connectivity index (χ4n) is 2.58. The van der Waals surface area contributed by atoms with Gasteiger partial charge in [-0.25, -0.2) is 0 Å². The number of nitrogens with zero attached hydrogens (tertiary/aromatic N) is 1. The molecule has 0 unspecified atom stereocenters. The molecule has 0 saturated carbocycles. The first-order valence-corrected chi connectivity index (χ1v) is 7.84. The number of benzene rings is 1. The number of carbonyl (C=O) groups excluding carboxylic acids is 1. The molecule has 0 radical (unpaired) electrons. The van der Waals surface area contributed by atoms with Crippen LogP contribution in [0.15, 0.2) is 29.2 Å². The van der Waals surface area contributed by atoms with E-state index in [1.807, 2.05) is 37.5 Å². The van der Waals surface area contributed by atoms with E-state index >= 15 is 0 Å². The molecule has 0 atom stereocenters. The molecule has 0 aliphatic carbocycles. The van der Waals surface area contributed by atoms with Gasteiger partial charge in [0.1, 0.15) is 5.56 Å². The Labute approximate surface area is 136 Å². The standard InChI is InChI=1S/C18H25N3O2/c1-11(2)9-21-10-12(17(23)20-18(3,4)5)16(22)15-13(19)7-6-8-14(15)21/h6-8,10-11H,9,19H2,1-5H3,(H,20,23). The molecule has 5 heteroatoms. The van der Waals surface area contributed by atoms with Crippen LogP contribution >= 0.6 is 0 Å². The van der Waals surface area contributed by atoms with Crippen LogP contribution in [0.5, 0.6) is 0 Å². The van der Waals surface area contributed by atoms with Gasteiger partial charge >= 0.3 is 0 Å². The largest absolute Gasteiger partial charge is 0.398 e. The maximum absolute atomic E-state index is 12.8. The van der Waals surface area contributed by atoms with E-state index in [4.69, 9.17) is 5.73 Å².